The molecule has 6 nitrogen and oxygen atoms in total. The summed E-state index contributed by atoms with van der Waals surface area (Å²) in [6.07, 6.45) is 3.85. The number of halogens is 1. The largest absolute Gasteiger partial charge is 0.356 e. The highest BCUT2D eigenvalue weighted by atomic mass is 127. The number of anilines is 1. The van der Waals surface area contributed by atoms with E-state index in [-0.39, 0.29) is 29.9 Å². The van der Waals surface area contributed by atoms with Crippen LogP contribution in [0.3, 0.4) is 0 Å². The van der Waals surface area contributed by atoms with Gasteiger partial charge in [-0.15, -0.1) is 24.0 Å². The first kappa shape index (κ1) is 24.5. The van der Waals surface area contributed by atoms with Gasteiger partial charge in [0.1, 0.15) is 0 Å². The zero-order valence-corrected chi connectivity index (χ0v) is 21.2. The highest BCUT2D eigenvalue weighted by molar-refractivity contribution is 14.0. The van der Waals surface area contributed by atoms with Crippen molar-refractivity contribution in [3.63, 3.8) is 0 Å². The molecule has 0 aromatic heterocycles. The Morgan fingerprint density at radius 2 is 1.78 bits per heavy atom. The Balaban J connectivity index is 0.00000289. The fourth-order valence-electron chi connectivity index (χ4n) is 4.38. The third-order valence-corrected chi connectivity index (χ3v) is 6.16. The van der Waals surface area contributed by atoms with E-state index in [1.807, 2.05) is 17.0 Å². The highest BCUT2D eigenvalue weighted by Crippen LogP contribution is 2.21. The number of rotatable bonds is 7. The van der Waals surface area contributed by atoms with Crippen LogP contribution < -0.4 is 15.5 Å². The van der Waals surface area contributed by atoms with E-state index < -0.39 is 0 Å². The average molecular weight is 547 g/mol. The summed E-state index contributed by atoms with van der Waals surface area (Å²) in [5.41, 5.74) is 5.14. The number of nitrogens with one attached hydrogen (secondary N) is 2. The normalized spacial score (nSPS) is 16.5. The van der Waals surface area contributed by atoms with Gasteiger partial charge in [0.05, 0.1) is 0 Å². The van der Waals surface area contributed by atoms with Crippen LogP contribution in [0.25, 0.3) is 0 Å². The molecule has 1 amide bonds. The molecule has 2 N–H and O–H groups in total. The van der Waals surface area contributed by atoms with E-state index in [0.29, 0.717) is 13.0 Å². The molecule has 0 radical (unpaired) electrons. The minimum Gasteiger partial charge on any atom is -0.356 e. The molecule has 0 spiro atoms. The van der Waals surface area contributed by atoms with Crippen LogP contribution in [0.15, 0.2) is 53.5 Å². The predicted octanol–water partition coefficient (Wildman–Crippen LogP) is 3.54. The van der Waals surface area contributed by atoms with Crippen LogP contribution in [-0.2, 0) is 24.3 Å². The molecule has 32 heavy (non-hydrogen) atoms. The molecule has 4 rings (SSSR count). The number of carbonyl (C=O) groups excluding carboxylic acids is 1. The van der Waals surface area contributed by atoms with Crippen molar-refractivity contribution < 1.29 is 4.79 Å². The zero-order valence-electron chi connectivity index (χ0n) is 18.8. The molecule has 0 atom stereocenters. The molecule has 0 aliphatic carbocycles. The van der Waals surface area contributed by atoms with E-state index >= 15 is 0 Å². The standard InChI is InChI=1S/C25H33N5O.HI/c1-26-25(27-14-5-15-29-17-13-21-6-2-3-7-22(21)19-29)28-18-20-9-11-23(12-10-20)30-16-4-8-24(30)31;/h2-3,6-7,9-12H,4-5,8,13-19H2,1H3,(H2,26,27,28);1H. The van der Waals surface area contributed by atoms with Crippen molar-refractivity contribution in [1.29, 1.82) is 0 Å². The summed E-state index contributed by atoms with van der Waals surface area (Å²) in [7, 11) is 1.80. The number of benzene rings is 2. The molecule has 7 heteroatoms. The van der Waals surface area contributed by atoms with Crippen LogP contribution in [0, 0.1) is 0 Å². The van der Waals surface area contributed by atoms with E-state index in [9.17, 15) is 4.79 Å². The van der Waals surface area contributed by atoms with Crippen molar-refractivity contribution >= 4 is 41.5 Å². The van der Waals surface area contributed by atoms with Crippen LogP contribution in [0.4, 0.5) is 5.69 Å². The molecule has 0 bridgehead atoms. The maximum absolute atomic E-state index is 11.9. The molecule has 2 aliphatic rings. The van der Waals surface area contributed by atoms with E-state index in [1.54, 1.807) is 7.05 Å². The number of fused-ring (bicyclic) bond motifs is 1. The van der Waals surface area contributed by atoms with Crippen molar-refractivity contribution in [2.75, 3.05) is 38.1 Å². The van der Waals surface area contributed by atoms with Gasteiger partial charge in [0, 0.05) is 58.4 Å². The lowest BCUT2D eigenvalue weighted by Crippen LogP contribution is -2.39. The fraction of sp³-hybridized carbons (Fsp3) is 0.440. The number of guanidine groups is 1. The third kappa shape index (κ3) is 6.45. The first-order chi connectivity index (χ1) is 15.2. The Kier molecular flexibility index (Phi) is 9.35. The van der Waals surface area contributed by atoms with Gasteiger partial charge in [-0.2, -0.15) is 0 Å². The molecule has 1 fully saturated rings. The minimum atomic E-state index is 0. The second-order valence-corrected chi connectivity index (χ2v) is 8.32. The molecule has 2 aliphatic heterocycles. The second kappa shape index (κ2) is 12.2. The first-order valence-electron chi connectivity index (χ1n) is 11.4. The maximum atomic E-state index is 11.9. The number of amides is 1. The lowest BCUT2D eigenvalue weighted by Gasteiger charge is -2.28. The molecule has 0 unspecified atom stereocenters. The third-order valence-electron chi connectivity index (χ3n) is 6.16. The fourth-order valence-corrected chi connectivity index (χ4v) is 4.38. The predicted molar refractivity (Wildman–Crippen MR) is 142 cm³/mol. The monoisotopic (exact) mass is 547 g/mol. The van der Waals surface area contributed by atoms with E-state index in [2.05, 4.69) is 56.9 Å². The van der Waals surface area contributed by atoms with Crippen LogP contribution in [0.2, 0.25) is 0 Å². The van der Waals surface area contributed by atoms with E-state index in [0.717, 1.165) is 63.6 Å². The Labute approximate surface area is 208 Å². The topological polar surface area (TPSA) is 60.0 Å². The van der Waals surface area contributed by atoms with Crippen LogP contribution >= 0.6 is 24.0 Å². The molecular formula is C25H34IN5O. The lowest BCUT2D eigenvalue weighted by molar-refractivity contribution is -0.117. The van der Waals surface area contributed by atoms with Gasteiger partial charge in [-0.3, -0.25) is 14.7 Å². The van der Waals surface area contributed by atoms with Crippen LogP contribution in [0.1, 0.15) is 36.0 Å². The summed E-state index contributed by atoms with van der Waals surface area (Å²) in [6.45, 7) is 5.72. The molecule has 0 saturated carbocycles. The van der Waals surface area contributed by atoms with Gasteiger partial charge in [-0.05, 0) is 48.1 Å². The summed E-state index contributed by atoms with van der Waals surface area (Å²) in [4.78, 5) is 20.6. The summed E-state index contributed by atoms with van der Waals surface area (Å²) in [5, 5.41) is 6.80. The molecule has 172 valence electrons. The maximum Gasteiger partial charge on any atom is 0.227 e. The average Bonchev–Trinajstić information content (AvgIpc) is 3.24. The molecular weight excluding hydrogens is 513 g/mol. The van der Waals surface area contributed by atoms with Crippen molar-refractivity contribution in [3.8, 4) is 0 Å². The smallest absolute Gasteiger partial charge is 0.227 e. The SMILES string of the molecule is CN=C(NCCCN1CCc2ccccc2C1)NCc1ccc(N2CCCC2=O)cc1.I. The van der Waals surface area contributed by atoms with Gasteiger partial charge >= 0.3 is 0 Å². The Morgan fingerprint density at radius 1 is 1.00 bits per heavy atom. The number of nitrogens with zero attached hydrogens (tertiary/aromatic N) is 3. The Bertz CT molecular complexity index is 915. The molecule has 2 aromatic carbocycles. The summed E-state index contributed by atoms with van der Waals surface area (Å²) in [6, 6.07) is 17.0. The minimum absolute atomic E-state index is 0. The van der Waals surface area contributed by atoms with Crippen LogP contribution in [0.5, 0.6) is 0 Å². The quantitative estimate of drug-likeness (QED) is 0.241. The van der Waals surface area contributed by atoms with Crippen molar-refractivity contribution in [2.24, 2.45) is 4.99 Å². The molecule has 1 saturated heterocycles. The van der Waals surface area contributed by atoms with E-state index in [1.165, 1.54) is 16.7 Å². The summed E-state index contributed by atoms with van der Waals surface area (Å²) < 4.78 is 0. The van der Waals surface area contributed by atoms with Gasteiger partial charge in [0.15, 0.2) is 5.96 Å². The number of aliphatic imine (C=N–C) groups is 1. The Morgan fingerprint density at radius 3 is 2.50 bits per heavy atom. The van der Waals surface area contributed by atoms with Gasteiger partial charge in [0.2, 0.25) is 5.91 Å². The van der Waals surface area contributed by atoms with E-state index in [4.69, 9.17) is 0 Å². The lowest BCUT2D eigenvalue weighted by atomic mass is 10.00. The van der Waals surface area contributed by atoms with Gasteiger partial charge < -0.3 is 15.5 Å². The van der Waals surface area contributed by atoms with Crippen molar-refractivity contribution in [2.45, 2.75) is 38.8 Å². The number of hydrogen-bond acceptors (Lipinski definition) is 3. The number of hydrogen-bond donors (Lipinski definition) is 2. The summed E-state index contributed by atoms with van der Waals surface area (Å²) >= 11 is 0. The molecule has 2 aromatic rings. The number of carbonyl (C=O) groups is 1. The van der Waals surface area contributed by atoms with Gasteiger partial charge in [-0.25, -0.2) is 0 Å². The highest BCUT2D eigenvalue weighted by Gasteiger charge is 2.21. The zero-order chi connectivity index (χ0) is 21.5. The van der Waals surface area contributed by atoms with Gasteiger partial charge in [0.25, 0.3) is 0 Å². The summed E-state index contributed by atoms with van der Waals surface area (Å²) in [5.74, 6) is 1.05. The van der Waals surface area contributed by atoms with Crippen LogP contribution in [-0.4, -0.2) is 50.0 Å². The Hall–Kier alpha value is -2.13. The second-order valence-electron chi connectivity index (χ2n) is 8.32. The molecule has 2 heterocycles. The van der Waals surface area contributed by atoms with Gasteiger partial charge in [-0.1, -0.05) is 36.4 Å². The van der Waals surface area contributed by atoms with Crippen molar-refractivity contribution in [3.05, 3.63) is 65.2 Å². The van der Waals surface area contributed by atoms with Crippen molar-refractivity contribution in [1.82, 2.24) is 15.5 Å². The first-order valence-corrected chi connectivity index (χ1v) is 11.4.